The van der Waals surface area contributed by atoms with Crippen LogP contribution in [0.5, 0.6) is 0 Å². The Morgan fingerprint density at radius 1 is 0.914 bits per heavy atom. The molecule has 0 spiro atoms. The van der Waals surface area contributed by atoms with E-state index in [0.717, 1.165) is 53.2 Å². The van der Waals surface area contributed by atoms with Gasteiger partial charge in [-0.05, 0) is 47.7 Å². The van der Waals surface area contributed by atoms with E-state index in [1.54, 1.807) is 6.33 Å². The second-order valence-electron chi connectivity index (χ2n) is 8.74. The Labute approximate surface area is 217 Å². The van der Waals surface area contributed by atoms with Crippen LogP contribution in [-0.2, 0) is 0 Å². The molecule has 0 N–H and O–H groups in total. The molecule has 6 rings (SSSR count). The molecule has 35 heavy (non-hydrogen) atoms. The van der Waals surface area contributed by atoms with Gasteiger partial charge in [-0.3, -0.25) is 4.90 Å². The Kier molecular flexibility index (Phi) is 6.10. The number of benzene rings is 2. The third kappa shape index (κ3) is 4.16. The molecule has 4 heterocycles. The zero-order valence-corrected chi connectivity index (χ0v) is 21.8. The van der Waals surface area contributed by atoms with Crippen molar-refractivity contribution in [3.8, 4) is 5.69 Å². The molecule has 1 atom stereocenters. The summed E-state index contributed by atoms with van der Waals surface area (Å²) in [5.41, 5.74) is 4.51. The first-order valence-corrected chi connectivity index (χ1v) is 13.4. The number of halogens is 1. The van der Waals surface area contributed by atoms with Gasteiger partial charge in [-0.15, -0.1) is 11.3 Å². The van der Waals surface area contributed by atoms with Gasteiger partial charge in [0.05, 0.1) is 23.3 Å². The topological polar surface area (TPSA) is 50.1 Å². The first-order valence-electron chi connectivity index (χ1n) is 11.7. The molecule has 0 saturated carbocycles. The minimum atomic E-state index is 0.235. The Morgan fingerprint density at radius 3 is 2.43 bits per heavy atom. The fourth-order valence-corrected chi connectivity index (χ4v) is 6.48. The maximum Gasteiger partial charge on any atom is 0.168 e. The number of hydrogen-bond donors (Lipinski definition) is 0. The number of rotatable bonds is 5. The van der Waals surface area contributed by atoms with Crippen molar-refractivity contribution in [3.63, 3.8) is 0 Å². The standard InChI is InChI=1S/C27H25BrN6S/c1-19-11-16-35-25(19)24(21-9-5-6-10-23(21)28)32-12-14-33(15-13-32)26-22-17-31-34(27(22)30-18-29-26)20-7-3-2-4-8-20/h2-11,16-18,24H,12-15H2,1H3. The number of hydrogen-bond acceptors (Lipinski definition) is 6. The highest BCUT2D eigenvalue weighted by molar-refractivity contribution is 9.10. The highest BCUT2D eigenvalue weighted by Gasteiger charge is 2.30. The summed E-state index contributed by atoms with van der Waals surface area (Å²) in [7, 11) is 0. The fourth-order valence-electron chi connectivity index (χ4n) is 4.90. The molecule has 0 amide bonds. The zero-order valence-electron chi connectivity index (χ0n) is 19.4. The van der Waals surface area contributed by atoms with Crippen LogP contribution in [0.1, 0.15) is 22.0 Å². The van der Waals surface area contributed by atoms with Gasteiger partial charge in [0.15, 0.2) is 5.65 Å². The smallest absolute Gasteiger partial charge is 0.168 e. The summed E-state index contributed by atoms with van der Waals surface area (Å²) in [5.74, 6) is 0.960. The molecule has 0 bridgehead atoms. The summed E-state index contributed by atoms with van der Waals surface area (Å²) in [5, 5.41) is 7.82. The van der Waals surface area contributed by atoms with E-state index in [-0.39, 0.29) is 6.04 Å². The predicted octanol–water partition coefficient (Wildman–Crippen LogP) is 5.86. The Bertz CT molecular complexity index is 1460. The molecule has 1 aliphatic rings. The van der Waals surface area contributed by atoms with Crippen LogP contribution < -0.4 is 4.90 Å². The summed E-state index contributed by atoms with van der Waals surface area (Å²) in [4.78, 5) is 15.6. The molecule has 1 saturated heterocycles. The molecule has 6 nitrogen and oxygen atoms in total. The summed E-state index contributed by atoms with van der Waals surface area (Å²) in [6.45, 7) is 5.90. The molecule has 1 unspecified atom stereocenters. The molecule has 5 aromatic rings. The van der Waals surface area contributed by atoms with Crippen molar-refractivity contribution >= 4 is 44.1 Å². The molecule has 2 aromatic carbocycles. The van der Waals surface area contributed by atoms with Gasteiger partial charge in [-0.2, -0.15) is 5.10 Å². The van der Waals surface area contributed by atoms with Crippen LogP contribution in [0.3, 0.4) is 0 Å². The first-order chi connectivity index (χ1) is 17.2. The van der Waals surface area contributed by atoms with Gasteiger partial charge in [-0.25, -0.2) is 14.6 Å². The van der Waals surface area contributed by atoms with Gasteiger partial charge in [0.1, 0.15) is 12.1 Å². The van der Waals surface area contributed by atoms with Gasteiger partial charge < -0.3 is 4.90 Å². The van der Waals surface area contributed by atoms with Crippen molar-refractivity contribution in [2.45, 2.75) is 13.0 Å². The summed E-state index contributed by atoms with van der Waals surface area (Å²) in [6.07, 6.45) is 3.55. The second-order valence-corrected chi connectivity index (χ2v) is 10.5. The largest absolute Gasteiger partial charge is 0.353 e. The monoisotopic (exact) mass is 544 g/mol. The van der Waals surface area contributed by atoms with Crippen LogP contribution in [0.4, 0.5) is 5.82 Å². The number of nitrogens with zero attached hydrogens (tertiary/aromatic N) is 6. The normalized spacial score (nSPS) is 15.5. The average molecular weight is 546 g/mol. The summed E-state index contributed by atoms with van der Waals surface area (Å²) in [6, 6.07) is 21.2. The zero-order chi connectivity index (χ0) is 23.8. The molecular weight excluding hydrogens is 520 g/mol. The lowest BCUT2D eigenvalue weighted by atomic mass is 10.0. The Balaban J connectivity index is 1.29. The molecule has 3 aromatic heterocycles. The van der Waals surface area contributed by atoms with Crippen molar-refractivity contribution in [2.75, 3.05) is 31.1 Å². The third-order valence-electron chi connectivity index (χ3n) is 6.67. The lowest BCUT2D eigenvalue weighted by Crippen LogP contribution is -2.48. The van der Waals surface area contributed by atoms with Crippen LogP contribution in [-0.4, -0.2) is 50.8 Å². The molecule has 176 valence electrons. The number of aryl methyl sites for hydroxylation is 1. The van der Waals surface area contributed by atoms with Crippen molar-refractivity contribution < 1.29 is 0 Å². The summed E-state index contributed by atoms with van der Waals surface area (Å²) < 4.78 is 3.05. The van der Waals surface area contributed by atoms with Gasteiger partial charge in [0, 0.05) is 35.5 Å². The van der Waals surface area contributed by atoms with Crippen LogP contribution in [0.25, 0.3) is 16.7 Å². The van der Waals surface area contributed by atoms with E-state index in [4.69, 9.17) is 0 Å². The lowest BCUT2D eigenvalue weighted by molar-refractivity contribution is 0.213. The summed E-state index contributed by atoms with van der Waals surface area (Å²) >= 11 is 5.66. The van der Waals surface area contributed by atoms with Gasteiger partial charge in [0.2, 0.25) is 0 Å². The van der Waals surface area contributed by atoms with Gasteiger partial charge in [0.25, 0.3) is 0 Å². The van der Waals surface area contributed by atoms with E-state index in [9.17, 15) is 0 Å². The van der Waals surface area contributed by atoms with Crippen LogP contribution in [0.2, 0.25) is 0 Å². The van der Waals surface area contributed by atoms with E-state index in [0.29, 0.717) is 0 Å². The number of para-hydroxylation sites is 1. The molecule has 1 fully saturated rings. The second kappa shape index (κ2) is 9.53. The quantitative estimate of drug-likeness (QED) is 0.277. The molecule has 0 radical (unpaired) electrons. The van der Waals surface area contributed by atoms with Crippen LogP contribution in [0, 0.1) is 6.92 Å². The van der Waals surface area contributed by atoms with Crippen molar-refractivity contribution in [1.82, 2.24) is 24.6 Å². The molecule has 1 aliphatic heterocycles. The third-order valence-corrected chi connectivity index (χ3v) is 8.47. The van der Waals surface area contributed by atoms with Gasteiger partial charge in [-0.1, -0.05) is 52.3 Å². The predicted molar refractivity (Wildman–Crippen MR) is 145 cm³/mol. The van der Waals surface area contributed by atoms with Crippen molar-refractivity contribution in [2.24, 2.45) is 0 Å². The van der Waals surface area contributed by atoms with Gasteiger partial charge >= 0.3 is 0 Å². The Hall–Kier alpha value is -3.07. The Morgan fingerprint density at radius 2 is 1.69 bits per heavy atom. The molecule has 0 aliphatic carbocycles. The number of piperazine rings is 1. The van der Waals surface area contributed by atoms with Crippen molar-refractivity contribution in [1.29, 1.82) is 0 Å². The minimum Gasteiger partial charge on any atom is -0.353 e. The first kappa shape index (κ1) is 22.4. The highest BCUT2D eigenvalue weighted by Crippen LogP contribution is 2.38. The van der Waals surface area contributed by atoms with E-state index in [2.05, 4.69) is 83.4 Å². The fraction of sp³-hybridized carbons (Fsp3) is 0.222. The van der Waals surface area contributed by atoms with E-state index >= 15 is 0 Å². The number of thiophene rings is 1. The SMILES string of the molecule is Cc1ccsc1C(c1ccccc1Br)N1CCN(c2ncnc3c2cnn3-c2ccccc2)CC1. The molecule has 8 heteroatoms. The lowest BCUT2D eigenvalue weighted by Gasteiger charge is -2.40. The van der Waals surface area contributed by atoms with E-state index < -0.39 is 0 Å². The van der Waals surface area contributed by atoms with Crippen LogP contribution >= 0.6 is 27.3 Å². The highest BCUT2D eigenvalue weighted by atomic mass is 79.9. The van der Waals surface area contributed by atoms with E-state index in [1.807, 2.05) is 52.5 Å². The maximum atomic E-state index is 4.68. The van der Waals surface area contributed by atoms with E-state index in [1.165, 1.54) is 16.0 Å². The average Bonchev–Trinajstić information content (AvgIpc) is 3.53. The van der Waals surface area contributed by atoms with Crippen LogP contribution in [0.15, 0.2) is 83.0 Å². The van der Waals surface area contributed by atoms with Crippen molar-refractivity contribution in [3.05, 3.63) is 99.0 Å². The number of anilines is 1. The minimum absolute atomic E-state index is 0.235. The maximum absolute atomic E-state index is 4.68. The molecular formula is C27H25BrN6S. The number of aromatic nitrogens is 4. The number of fused-ring (bicyclic) bond motifs is 1.